The molecule has 1 N–H and O–H groups in total. The summed E-state index contributed by atoms with van der Waals surface area (Å²) >= 11 is 1.48. The lowest BCUT2D eigenvalue weighted by Crippen LogP contribution is -2.03. The average Bonchev–Trinajstić information content (AvgIpc) is 2.86. The van der Waals surface area contributed by atoms with E-state index in [-0.39, 0.29) is 6.42 Å². The molecule has 1 aromatic heterocycles. The highest BCUT2D eigenvalue weighted by Gasteiger charge is 2.06. The molecule has 0 radical (unpaired) electrons. The molecule has 0 fully saturated rings. The molecular weight excluding hydrogens is 274 g/mol. The van der Waals surface area contributed by atoms with Gasteiger partial charge in [0.25, 0.3) is 0 Å². The minimum absolute atomic E-state index is 0.0180. The first kappa shape index (κ1) is 14.5. The predicted octanol–water partition coefficient (Wildman–Crippen LogP) is 2.95. The zero-order valence-corrected chi connectivity index (χ0v) is 12.2. The summed E-state index contributed by atoms with van der Waals surface area (Å²) in [7, 11) is 0. The molecule has 1 heterocycles. The number of ether oxygens (including phenoxy) is 1. The largest absolute Gasteiger partial charge is 0.493 e. The normalized spacial score (nSPS) is 10.4. The summed E-state index contributed by atoms with van der Waals surface area (Å²) in [5.74, 6) is 0.0150. The summed E-state index contributed by atoms with van der Waals surface area (Å²) in [6.07, 6.45) is 1.67. The standard InChI is InChI=1S/C15H17NO3S/c1-2-11-4-3-5-13(8-11)19-7-6-14-16-12(10-20-14)9-15(17)18/h3-5,8,10H,2,6-7,9H2,1H3,(H,17,18). The average molecular weight is 291 g/mol. The van der Waals surface area contributed by atoms with Crippen LogP contribution in [-0.4, -0.2) is 22.7 Å². The molecule has 20 heavy (non-hydrogen) atoms. The number of aryl methyl sites for hydroxylation is 1. The van der Waals surface area contributed by atoms with Crippen LogP contribution in [0.2, 0.25) is 0 Å². The maximum atomic E-state index is 10.6. The summed E-state index contributed by atoms with van der Waals surface area (Å²) < 4.78 is 5.69. The van der Waals surface area contributed by atoms with Gasteiger partial charge in [-0.05, 0) is 24.1 Å². The molecule has 0 unspecified atom stereocenters. The summed E-state index contributed by atoms with van der Waals surface area (Å²) in [4.78, 5) is 14.9. The van der Waals surface area contributed by atoms with Crippen LogP contribution in [0.5, 0.6) is 5.75 Å². The number of carbonyl (C=O) groups is 1. The number of aromatic nitrogens is 1. The molecule has 0 saturated heterocycles. The molecule has 0 aliphatic carbocycles. The van der Waals surface area contributed by atoms with Crippen molar-refractivity contribution in [3.63, 3.8) is 0 Å². The first-order chi connectivity index (χ1) is 9.67. The number of aliphatic carboxylic acids is 1. The van der Waals surface area contributed by atoms with Crippen molar-refractivity contribution in [3.05, 3.63) is 45.9 Å². The highest BCUT2D eigenvalue weighted by Crippen LogP contribution is 2.15. The lowest BCUT2D eigenvalue weighted by molar-refractivity contribution is -0.136. The van der Waals surface area contributed by atoms with Crippen molar-refractivity contribution in [1.29, 1.82) is 0 Å². The van der Waals surface area contributed by atoms with Crippen molar-refractivity contribution < 1.29 is 14.6 Å². The number of benzene rings is 1. The van der Waals surface area contributed by atoms with Crippen molar-refractivity contribution in [2.45, 2.75) is 26.2 Å². The number of hydrogen-bond donors (Lipinski definition) is 1. The molecule has 5 heteroatoms. The van der Waals surface area contributed by atoms with Crippen LogP contribution >= 0.6 is 11.3 Å². The number of thiazole rings is 1. The summed E-state index contributed by atoms with van der Waals surface area (Å²) in [5, 5.41) is 11.4. The monoisotopic (exact) mass is 291 g/mol. The first-order valence-corrected chi connectivity index (χ1v) is 7.42. The van der Waals surface area contributed by atoms with Crippen LogP contribution in [0, 0.1) is 0 Å². The third-order valence-corrected chi connectivity index (χ3v) is 3.78. The van der Waals surface area contributed by atoms with E-state index in [1.54, 1.807) is 5.38 Å². The van der Waals surface area contributed by atoms with Gasteiger partial charge in [0.1, 0.15) is 5.75 Å². The predicted molar refractivity (Wildman–Crippen MR) is 78.5 cm³/mol. The zero-order valence-electron chi connectivity index (χ0n) is 11.3. The van der Waals surface area contributed by atoms with E-state index in [1.165, 1.54) is 16.9 Å². The summed E-state index contributed by atoms with van der Waals surface area (Å²) in [6.45, 7) is 2.66. The van der Waals surface area contributed by atoms with Crippen LogP contribution < -0.4 is 4.74 Å². The van der Waals surface area contributed by atoms with Gasteiger partial charge in [-0.1, -0.05) is 19.1 Å². The Morgan fingerprint density at radius 1 is 1.45 bits per heavy atom. The lowest BCUT2D eigenvalue weighted by atomic mass is 10.2. The maximum Gasteiger partial charge on any atom is 0.309 e. The van der Waals surface area contributed by atoms with Gasteiger partial charge in [0, 0.05) is 11.8 Å². The molecule has 0 aliphatic rings. The van der Waals surface area contributed by atoms with Gasteiger partial charge in [-0.15, -0.1) is 11.3 Å². The van der Waals surface area contributed by atoms with Gasteiger partial charge in [0.05, 0.1) is 23.7 Å². The topological polar surface area (TPSA) is 59.4 Å². The van der Waals surface area contributed by atoms with Gasteiger partial charge >= 0.3 is 5.97 Å². The van der Waals surface area contributed by atoms with Crippen molar-refractivity contribution in [2.24, 2.45) is 0 Å². The molecule has 2 aromatic rings. The van der Waals surface area contributed by atoms with Crippen LogP contribution in [-0.2, 0) is 24.1 Å². The van der Waals surface area contributed by atoms with Crippen molar-refractivity contribution in [2.75, 3.05) is 6.61 Å². The van der Waals surface area contributed by atoms with E-state index in [9.17, 15) is 4.79 Å². The van der Waals surface area contributed by atoms with Gasteiger partial charge in [-0.25, -0.2) is 4.98 Å². The van der Waals surface area contributed by atoms with Crippen LogP contribution in [0.25, 0.3) is 0 Å². The van der Waals surface area contributed by atoms with Crippen LogP contribution in [0.15, 0.2) is 29.6 Å². The Morgan fingerprint density at radius 3 is 3.05 bits per heavy atom. The molecule has 0 spiro atoms. The third kappa shape index (κ3) is 4.35. The van der Waals surface area contributed by atoms with Crippen molar-refractivity contribution >= 4 is 17.3 Å². The molecule has 0 bridgehead atoms. The van der Waals surface area contributed by atoms with Gasteiger partial charge in [-0.2, -0.15) is 0 Å². The molecular formula is C15H17NO3S. The molecule has 0 atom stereocenters. The molecule has 2 rings (SSSR count). The first-order valence-electron chi connectivity index (χ1n) is 6.54. The number of nitrogens with zero attached hydrogens (tertiary/aromatic N) is 1. The van der Waals surface area contributed by atoms with Crippen LogP contribution in [0.3, 0.4) is 0 Å². The van der Waals surface area contributed by atoms with Gasteiger partial charge in [0.15, 0.2) is 0 Å². The Kier molecular flexibility index (Phi) is 5.12. The van der Waals surface area contributed by atoms with Crippen molar-refractivity contribution in [3.8, 4) is 5.75 Å². The molecule has 0 aliphatic heterocycles. The van der Waals surface area contributed by atoms with Crippen LogP contribution in [0.1, 0.15) is 23.2 Å². The van der Waals surface area contributed by atoms with E-state index < -0.39 is 5.97 Å². The van der Waals surface area contributed by atoms with Gasteiger partial charge in [-0.3, -0.25) is 4.79 Å². The second kappa shape index (κ2) is 7.05. The quantitative estimate of drug-likeness (QED) is 0.852. The molecule has 1 aromatic carbocycles. The molecule has 4 nitrogen and oxygen atoms in total. The van der Waals surface area contributed by atoms with E-state index in [1.807, 2.05) is 18.2 Å². The fraction of sp³-hybridized carbons (Fsp3) is 0.333. The minimum atomic E-state index is -0.852. The Hall–Kier alpha value is -1.88. The second-order valence-electron chi connectivity index (χ2n) is 4.40. The zero-order chi connectivity index (χ0) is 14.4. The number of carboxylic acids is 1. The SMILES string of the molecule is CCc1cccc(OCCc2nc(CC(=O)O)cs2)c1. The van der Waals surface area contributed by atoms with E-state index in [4.69, 9.17) is 9.84 Å². The molecule has 106 valence electrons. The molecule has 0 amide bonds. The van der Waals surface area contributed by atoms with E-state index >= 15 is 0 Å². The number of rotatable bonds is 7. The summed E-state index contributed by atoms with van der Waals surface area (Å²) in [5.41, 5.74) is 1.87. The Morgan fingerprint density at radius 2 is 2.30 bits per heavy atom. The fourth-order valence-electron chi connectivity index (χ4n) is 1.81. The van der Waals surface area contributed by atoms with E-state index in [2.05, 4.69) is 18.0 Å². The summed E-state index contributed by atoms with van der Waals surface area (Å²) in [6, 6.07) is 8.04. The number of hydrogen-bond acceptors (Lipinski definition) is 4. The Balaban J connectivity index is 1.83. The second-order valence-corrected chi connectivity index (χ2v) is 5.35. The number of carboxylic acid groups (broad SMARTS) is 1. The van der Waals surface area contributed by atoms with E-state index in [0.717, 1.165) is 17.2 Å². The third-order valence-electron chi connectivity index (χ3n) is 2.82. The maximum absolute atomic E-state index is 10.6. The Bertz CT molecular complexity index is 580. The smallest absolute Gasteiger partial charge is 0.309 e. The van der Waals surface area contributed by atoms with Crippen LogP contribution in [0.4, 0.5) is 0 Å². The lowest BCUT2D eigenvalue weighted by Gasteiger charge is -2.06. The van der Waals surface area contributed by atoms with E-state index in [0.29, 0.717) is 18.7 Å². The highest BCUT2D eigenvalue weighted by molar-refractivity contribution is 7.09. The van der Waals surface area contributed by atoms with Gasteiger partial charge < -0.3 is 9.84 Å². The molecule has 0 saturated carbocycles. The minimum Gasteiger partial charge on any atom is -0.493 e. The Labute approximate surface area is 122 Å². The fourth-order valence-corrected chi connectivity index (χ4v) is 2.59. The van der Waals surface area contributed by atoms with Crippen molar-refractivity contribution in [1.82, 2.24) is 4.98 Å². The van der Waals surface area contributed by atoms with Gasteiger partial charge in [0.2, 0.25) is 0 Å². The highest BCUT2D eigenvalue weighted by atomic mass is 32.1.